The van der Waals surface area contributed by atoms with E-state index in [1.54, 1.807) is 4.57 Å². The lowest BCUT2D eigenvalue weighted by Gasteiger charge is -2.41. The number of fused-ring (bicyclic) bond motifs is 2. The van der Waals surface area contributed by atoms with Gasteiger partial charge in [-0.15, -0.1) is 0 Å². The molecule has 2 N–H and O–H groups in total. The maximum atomic E-state index is 12.7. The van der Waals surface area contributed by atoms with Crippen LogP contribution in [-0.4, -0.2) is 38.7 Å². The molecule has 2 bridgehead atoms. The van der Waals surface area contributed by atoms with Gasteiger partial charge >= 0.3 is 0 Å². The van der Waals surface area contributed by atoms with Crippen molar-refractivity contribution in [1.82, 2.24) is 9.47 Å². The molecule has 0 aromatic carbocycles. The van der Waals surface area contributed by atoms with Gasteiger partial charge in [-0.05, 0) is 50.4 Å². The number of rotatable bonds is 5. The summed E-state index contributed by atoms with van der Waals surface area (Å²) in [6, 6.07) is 0. The van der Waals surface area contributed by atoms with E-state index in [2.05, 4.69) is 17.1 Å². The fraction of sp³-hybridized carbons (Fsp3) is 0.708. The van der Waals surface area contributed by atoms with Crippen molar-refractivity contribution in [2.45, 2.75) is 82.6 Å². The molecule has 5 heteroatoms. The van der Waals surface area contributed by atoms with Crippen molar-refractivity contribution in [3.8, 4) is 11.8 Å². The van der Waals surface area contributed by atoms with Crippen molar-refractivity contribution in [3.05, 3.63) is 23.3 Å². The molecular weight excluding hydrogens is 364 g/mol. The van der Waals surface area contributed by atoms with Crippen LogP contribution in [0.2, 0.25) is 0 Å². The van der Waals surface area contributed by atoms with Crippen LogP contribution >= 0.6 is 0 Å². The molecule has 4 atom stereocenters. The largest absolute Gasteiger partial charge is 0.494 e. The fourth-order valence-corrected chi connectivity index (χ4v) is 6.41. The van der Waals surface area contributed by atoms with Gasteiger partial charge in [0.25, 0.3) is 0 Å². The Bertz CT molecular complexity index is 774. The standard InChI is InChI=1S/C24H34N2O3/c27-20(25-14-12-16-5-1-2-6-19(16)15-25)7-3-4-13-26-23(28)21-17-8-9-18(11-10-17)22(21)24(26)29/h8-9,16-19,28-29H,1-7,10-15H2. The molecule has 2 heterocycles. The average molecular weight is 399 g/mol. The number of nitrogens with zero attached hydrogens (tertiary/aromatic N) is 2. The molecule has 29 heavy (non-hydrogen) atoms. The molecule has 5 nitrogen and oxygen atoms in total. The second kappa shape index (κ2) is 7.73. The number of allylic oxidation sites excluding steroid dienone is 2. The van der Waals surface area contributed by atoms with Gasteiger partial charge in [0.05, 0.1) is 0 Å². The second-order valence-electron chi connectivity index (χ2n) is 9.69. The van der Waals surface area contributed by atoms with Crippen LogP contribution in [0.3, 0.4) is 0 Å². The predicted octanol–water partition coefficient (Wildman–Crippen LogP) is 4.64. The summed E-state index contributed by atoms with van der Waals surface area (Å²) in [6.45, 7) is 2.47. The summed E-state index contributed by atoms with van der Waals surface area (Å²) in [7, 11) is 0. The average Bonchev–Trinajstić information content (AvgIpc) is 3.04. The van der Waals surface area contributed by atoms with E-state index in [1.807, 2.05) is 0 Å². The van der Waals surface area contributed by atoms with E-state index >= 15 is 0 Å². The monoisotopic (exact) mass is 398 g/mol. The molecule has 1 saturated carbocycles. The van der Waals surface area contributed by atoms with E-state index in [4.69, 9.17) is 0 Å². The second-order valence-corrected chi connectivity index (χ2v) is 9.69. The number of piperidine rings is 1. The van der Waals surface area contributed by atoms with Gasteiger partial charge in [-0.2, -0.15) is 0 Å². The number of likely N-dealkylation sites (tertiary alicyclic amines) is 1. The van der Waals surface area contributed by atoms with Gasteiger partial charge in [-0.1, -0.05) is 31.4 Å². The number of amides is 1. The van der Waals surface area contributed by atoms with Crippen molar-refractivity contribution in [1.29, 1.82) is 0 Å². The van der Waals surface area contributed by atoms with E-state index in [0.29, 0.717) is 13.0 Å². The van der Waals surface area contributed by atoms with Crippen molar-refractivity contribution < 1.29 is 15.0 Å². The van der Waals surface area contributed by atoms with E-state index in [-0.39, 0.29) is 29.5 Å². The summed E-state index contributed by atoms with van der Waals surface area (Å²) >= 11 is 0. The molecule has 1 saturated heterocycles. The van der Waals surface area contributed by atoms with Crippen LogP contribution in [0.5, 0.6) is 11.8 Å². The highest BCUT2D eigenvalue weighted by molar-refractivity contribution is 5.76. The van der Waals surface area contributed by atoms with Gasteiger partial charge in [0, 0.05) is 49.0 Å². The molecule has 1 amide bonds. The van der Waals surface area contributed by atoms with Gasteiger partial charge in [0.2, 0.25) is 5.91 Å². The van der Waals surface area contributed by atoms with E-state index in [1.165, 1.54) is 32.1 Å². The zero-order valence-corrected chi connectivity index (χ0v) is 17.4. The van der Waals surface area contributed by atoms with Crippen molar-refractivity contribution in [2.24, 2.45) is 11.8 Å². The third-order valence-corrected chi connectivity index (χ3v) is 8.06. The maximum absolute atomic E-state index is 12.7. The number of carbonyl (C=O) groups is 1. The number of hydrogen-bond acceptors (Lipinski definition) is 3. The third-order valence-electron chi connectivity index (χ3n) is 8.06. The quantitative estimate of drug-likeness (QED) is 0.561. The number of unbranched alkanes of at least 4 members (excludes halogenated alkanes) is 1. The van der Waals surface area contributed by atoms with Crippen LogP contribution in [0.15, 0.2) is 12.2 Å². The topological polar surface area (TPSA) is 65.7 Å². The SMILES string of the molecule is O=C(CCCCn1c(O)c2c(c1O)C1C=CC2CC1)N1CCC2CCCCC2C1. The minimum absolute atomic E-state index is 0.238. The Morgan fingerprint density at radius 1 is 0.897 bits per heavy atom. The van der Waals surface area contributed by atoms with Gasteiger partial charge < -0.3 is 15.1 Å². The summed E-state index contributed by atoms with van der Waals surface area (Å²) < 4.78 is 1.67. The van der Waals surface area contributed by atoms with Gasteiger partial charge in [0.1, 0.15) is 0 Å². The number of hydrogen-bond donors (Lipinski definition) is 2. The first-order valence-corrected chi connectivity index (χ1v) is 11.7. The van der Waals surface area contributed by atoms with Gasteiger partial charge in [-0.25, -0.2) is 0 Å². The molecule has 158 valence electrons. The number of aromatic hydroxyl groups is 2. The lowest BCUT2D eigenvalue weighted by atomic mass is 9.73. The predicted molar refractivity (Wildman–Crippen MR) is 112 cm³/mol. The molecule has 0 spiro atoms. The highest BCUT2D eigenvalue weighted by atomic mass is 16.3. The Morgan fingerprint density at radius 2 is 1.55 bits per heavy atom. The van der Waals surface area contributed by atoms with Gasteiger partial charge in [-0.3, -0.25) is 9.36 Å². The lowest BCUT2D eigenvalue weighted by molar-refractivity contribution is -0.134. The minimum atomic E-state index is 0.238. The first-order valence-electron chi connectivity index (χ1n) is 11.7. The summed E-state index contributed by atoms with van der Waals surface area (Å²) in [5.41, 5.74) is 1.88. The molecule has 1 aliphatic heterocycles. The smallest absolute Gasteiger partial charge is 0.222 e. The zero-order chi connectivity index (χ0) is 20.0. The van der Waals surface area contributed by atoms with Crippen LogP contribution in [0, 0.1) is 11.8 Å². The highest BCUT2D eigenvalue weighted by Gasteiger charge is 2.37. The number of aromatic nitrogens is 1. The van der Waals surface area contributed by atoms with E-state index < -0.39 is 0 Å². The minimum Gasteiger partial charge on any atom is -0.494 e. The molecule has 0 radical (unpaired) electrons. The van der Waals surface area contributed by atoms with Crippen LogP contribution in [0.25, 0.3) is 0 Å². The Labute approximate surface area is 173 Å². The highest BCUT2D eigenvalue weighted by Crippen LogP contribution is 2.53. The first kappa shape index (κ1) is 19.1. The molecule has 1 aromatic heterocycles. The molecule has 1 aromatic rings. The molecule has 6 rings (SSSR count). The Kier molecular flexibility index (Phi) is 5.09. The number of carbonyl (C=O) groups excluding carboxylic acids is 1. The fourth-order valence-electron chi connectivity index (χ4n) is 6.41. The summed E-state index contributed by atoms with van der Waals surface area (Å²) in [5, 5.41) is 21.4. The van der Waals surface area contributed by atoms with Crippen LogP contribution < -0.4 is 0 Å². The van der Waals surface area contributed by atoms with E-state index in [0.717, 1.165) is 61.7 Å². The third kappa shape index (κ3) is 3.36. The van der Waals surface area contributed by atoms with Gasteiger partial charge in [0.15, 0.2) is 11.8 Å². The molecule has 2 fully saturated rings. The molecular formula is C24H34N2O3. The van der Waals surface area contributed by atoms with E-state index in [9.17, 15) is 15.0 Å². The Balaban J connectivity index is 1.14. The maximum Gasteiger partial charge on any atom is 0.222 e. The van der Waals surface area contributed by atoms with Crippen molar-refractivity contribution >= 4 is 5.91 Å². The Hall–Kier alpha value is -1.91. The summed E-state index contributed by atoms with van der Waals surface area (Å²) in [6.07, 6.45) is 15.2. The lowest BCUT2D eigenvalue weighted by Crippen LogP contribution is -2.44. The van der Waals surface area contributed by atoms with Crippen LogP contribution in [-0.2, 0) is 11.3 Å². The van der Waals surface area contributed by atoms with Crippen molar-refractivity contribution in [3.63, 3.8) is 0 Å². The molecule has 5 aliphatic rings. The first-order chi connectivity index (χ1) is 14.1. The zero-order valence-electron chi connectivity index (χ0n) is 17.4. The molecule has 4 unspecified atom stereocenters. The summed E-state index contributed by atoms with van der Waals surface area (Å²) in [5.74, 6) is 2.83. The van der Waals surface area contributed by atoms with Crippen LogP contribution in [0.1, 0.15) is 87.2 Å². The van der Waals surface area contributed by atoms with Crippen molar-refractivity contribution in [2.75, 3.05) is 13.1 Å². The molecule has 4 aliphatic carbocycles. The summed E-state index contributed by atoms with van der Waals surface area (Å²) in [4.78, 5) is 14.8. The van der Waals surface area contributed by atoms with Crippen LogP contribution in [0.4, 0.5) is 0 Å². The normalized spacial score (nSPS) is 30.3. The Morgan fingerprint density at radius 3 is 2.21 bits per heavy atom.